The van der Waals surface area contributed by atoms with E-state index in [1.54, 1.807) is 11.8 Å². The summed E-state index contributed by atoms with van der Waals surface area (Å²) in [5.41, 5.74) is 3.29. The van der Waals surface area contributed by atoms with Crippen molar-refractivity contribution in [3.63, 3.8) is 0 Å². The van der Waals surface area contributed by atoms with Crippen LogP contribution in [0.2, 0.25) is 0 Å². The van der Waals surface area contributed by atoms with E-state index in [0.29, 0.717) is 18.1 Å². The molecule has 142 valence electrons. The average Bonchev–Trinajstić information content (AvgIpc) is 3.19. The summed E-state index contributed by atoms with van der Waals surface area (Å²) in [5.74, 6) is 1.17. The van der Waals surface area contributed by atoms with Crippen LogP contribution in [-0.2, 0) is 11.3 Å². The highest BCUT2D eigenvalue weighted by Crippen LogP contribution is 2.35. The summed E-state index contributed by atoms with van der Waals surface area (Å²) in [5, 5.41) is 10.5. The number of benzene rings is 2. The van der Waals surface area contributed by atoms with Crippen LogP contribution in [0, 0.1) is 0 Å². The van der Waals surface area contributed by atoms with Crippen molar-refractivity contribution in [1.82, 2.24) is 20.1 Å². The molecule has 0 aliphatic carbocycles. The second-order valence-electron chi connectivity index (χ2n) is 6.54. The number of nitrogens with one attached hydrogen (secondary N) is 2. The van der Waals surface area contributed by atoms with E-state index in [1.807, 2.05) is 61.5 Å². The van der Waals surface area contributed by atoms with Crippen molar-refractivity contribution < 1.29 is 9.53 Å². The fraction of sp³-hybridized carbons (Fsp3) is 0.190. The molecule has 1 aromatic heterocycles. The van der Waals surface area contributed by atoms with Gasteiger partial charge in [0.05, 0.1) is 12.7 Å². The van der Waals surface area contributed by atoms with Gasteiger partial charge in [0, 0.05) is 12.2 Å². The van der Waals surface area contributed by atoms with Crippen molar-refractivity contribution in [1.29, 1.82) is 0 Å². The van der Waals surface area contributed by atoms with Crippen molar-refractivity contribution in [3.8, 4) is 5.75 Å². The van der Waals surface area contributed by atoms with Crippen LogP contribution in [0.15, 0.2) is 72.2 Å². The van der Waals surface area contributed by atoms with Gasteiger partial charge in [-0.05, 0) is 30.2 Å². The minimum absolute atomic E-state index is 0.150. The van der Waals surface area contributed by atoms with E-state index in [0.717, 1.165) is 22.6 Å². The van der Waals surface area contributed by atoms with E-state index < -0.39 is 6.04 Å². The van der Waals surface area contributed by atoms with Crippen molar-refractivity contribution in [2.24, 2.45) is 0 Å². The maximum atomic E-state index is 13.1. The van der Waals surface area contributed by atoms with Gasteiger partial charge in [0.15, 0.2) is 0 Å². The topological polar surface area (TPSA) is 81.1 Å². The van der Waals surface area contributed by atoms with Gasteiger partial charge in [-0.2, -0.15) is 10.1 Å². The van der Waals surface area contributed by atoms with Crippen LogP contribution >= 0.6 is 0 Å². The zero-order valence-electron chi connectivity index (χ0n) is 15.7. The molecule has 0 radical (unpaired) electrons. The van der Waals surface area contributed by atoms with Gasteiger partial charge in [0.25, 0.3) is 5.91 Å². The molecule has 0 unspecified atom stereocenters. The molecule has 1 aliphatic rings. The Morgan fingerprint density at radius 1 is 1.21 bits per heavy atom. The van der Waals surface area contributed by atoms with E-state index in [1.165, 1.54) is 6.33 Å². The van der Waals surface area contributed by atoms with Gasteiger partial charge >= 0.3 is 0 Å². The lowest BCUT2D eigenvalue weighted by Gasteiger charge is -2.29. The van der Waals surface area contributed by atoms with Crippen LogP contribution < -0.4 is 15.4 Å². The van der Waals surface area contributed by atoms with Crippen LogP contribution in [0.25, 0.3) is 0 Å². The summed E-state index contributed by atoms with van der Waals surface area (Å²) in [6, 6.07) is 17.1. The Labute approximate surface area is 163 Å². The van der Waals surface area contributed by atoms with E-state index in [4.69, 9.17) is 4.74 Å². The predicted octanol–water partition coefficient (Wildman–Crippen LogP) is 2.89. The number of fused-ring (bicyclic) bond motifs is 1. The summed E-state index contributed by atoms with van der Waals surface area (Å²) >= 11 is 0. The van der Waals surface area contributed by atoms with E-state index in [2.05, 4.69) is 20.7 Å². The Bertz CT molecular complexity index is 1030. The number of nitrogens with zero attached hydrogens (tertiary/aromatic N) is 3. The van der Waals surface area contributed by atoms with Crippen molar-refractivity contribution in [3.05, 3.63) is 83.3 Å². The second-order valence-corrected chi connectivity index (χ2v) is 6.54. The summed E-state index contributed by atoms with van der Waals surface area (Å²) in [6.07, 6.45) is 1.48. The molecule has 2 aromatic carbocycles. The average molecular weight is 375 g/mol. The number of amides is 1. The minimum atomic E-state index is -0.398. The molecule has 7 nitrogen and oxygen atoms in total. The quantitative estimate of drug-likeness (QED) is 0.717. The van der Waals surface area contributed by atoms with Crippen LogP contribution in [0.3, 0.4) is 0 Å². The van der Waals surface area contributed by atoms with Gasteiger partial charge in [-0.3, -0.25) is 4.79 Å². The first-order valence-corrected chi connectivity index (χ1v) is 9.00. The Kier molecular flexibility index (Phi) is 4.80. The van der Waals surface area contributed by atoms with Crippen molar-refractivity contribution in [2.45, 2.75) is 19.5 Å². The smallest absolute Gasteiger partial charge is 0.251 e. The molecule has 0 fully saturated rings. The largest absolute Gasteiger partial charge is 0.497 e. The standard InChI is InChI=1S/C21H21N5O2/c1-14-18(20(27)22-12-15-7-4-3-5-8-15)19(26-21(25-14)23-13-24-26)16-9-6-10-17(11-16)28-2/h3-11,13,19H,12H2,1-2H3,(H,22,27)(H,23,24,25)/t19-/m0/s1. The Hall–Kier alpha value is -3.61. The molecule has 1 amide bonds. The van der Waals surface area contributed by atoms with Gasteiger partial charge < -0.3 is 15.4 Å². The fourth-order valence-corrected chi connectivity index (χ4v) is 3.38. The first-order valence-electron chi connectivity index (χ1n) is 9.00. The molecule has 4 rings (SSSR count). The Morgan fingerprint density at radius 2 is 2.04 bits per heavy atom. The van der Waals surface area contributed by atoms with Crippen LogP contribution in [0.1, 0.15) is 24.1 Å². The second kappa shape index (κ2) is 7.56. The SMILES string of the molecule is COc1cccc([C@H]2C(C(=O)NCc3ccccc3)=C(C)Nc3ncnn32)c1. The lowest BCUT2D eigenvalue weighted by atomic mass is 9.95. The highest BCUT2D eigenvalue weighted by atomic mass is 16.5. The van der Waals surface area contributed by atoms with E-state index in [-0.39, 0.29) is 5.91 Å². The summed E-state index contributed by atoms with van der Waals surface area (Å²) in [6.45, 7) is 2.33. The number of methoxy groups -OCH3 is 1. The number of anilines is 1. The third kappa shape index (κ3) is 3.34. The third-order valence-electron chi connectivity index (χ3n) is 4.74. The molecule has 0 bridgehead atoms. The number of carbonyl (C=O) groups is 1. The molecular weight excluding hydrogens is 354 g/mol. The maximum Gasteiger partial charge on any atom is 0.251 e. The molecular formula is C21H21N5O2. The third-order valence-corrected chi connectivity index (χ3v) is 4.74. The van der Waals surface area contributed by atoms with Crippen LogP contribution in [0.5, 0.6) is 5.75 Å². The van der Waals surface area contributed by atoms with Crippen LogP contribution in [0.4, 0.5) is 5.95 Å². The van der Waals surface area contributed by atoms with E-state index in [9.17, 15) is 4.79 Å². The Morgan fingerprint density at radius 3 is 2.82 bits per heavy atom. The highest BCUT2D eigenvalue weighted by molar-refractivity contribution is 5.96. The molecule has 1 atom stereocenters. The molecule has 28 heavy (non-hydrogen) atoms. The molecule has 2 N–H and O–H groups in total. The number of hydrogen-bond acceptors (Lipinski definition) is 5. The van der Waals surface area contributed by atoms with Gasteiger partial charge in [0.2, 0.25) is 5.95 Å². The van der Waals surface area contributed by atoms with E-state index >= 15 is 0 Å². The highest BCUT2D eigenvalue weighted by Gasteiger charge is 2.33. The monoisotopic (exact) mass is 375 g/mol. The summed E-state index contributed by atoms with van der Waals surface area (Å²) < 4.78 is 7.09. The van der Waals surface area contributed by atoms with Crippen molar-refractivity contribution >= 4 is 11.9 Å². The molecule has 0 spiro atoms. The maximum absolute atomic E-state index is 13.1. The van der Waals surface area contributed by atoms with Crippen LogP contribution in [-0.4, -0.2) is 27.8 Å². The number of aromatic nitrogens is 3. The Balaban J connectivity index is 1.69. The predicted molar refractivity (Wildman–Crippen MR) is 106 cm³/mol. The summed E-state index contributed by atoms with van der Waals surface area (Å²) in [7, 11) is 1.62. The number of hydrogen-bond donors (Lipinski definition) is 2. The summed E-state index contributed by atoms with van der Waals surface area (Å²) in [4.78, 5) is 17.4. The lowest BCUT2D eigenvalue weighted by molar-refractivity contribution is -0.118. The molecule has 3 aromatic rings. The lowest BCUT2D eigenvalue weighted by Crippen LogP contribution is -2.34. The molecule has 1 aliphatic heterocycles. The van der Waals surface area contributed by atoms with Crippen molar-refractivity contribution in [2.75, 3.05) is 12.4 Å². The molecule has 7 heteroatoms. The minimum Gasteiger partial charge on any atom is -0.497 e. The number of ether oxygens (including phenoxy) is 1. The van der Waals surface area contributed by atoms with Gasteiger partial charge in [-0.25, -0.2) is 4.68 Å². The number of rotatable bonds is 5. The van der Waals surface area contributed by atoms with Gasteiger partial charge in [-0.15, -0.1) is 0 Å². The molecule has 0 saturated carbocycles. The normalized spacial score (nSPS) is 15.6. The number of allylic oxidation sites excluding steroid dienone is 1. The van der Waals surface area contributed by atoms with Gasteiger partial charge in [0.1, 0.15) is 18.1 Å². The zero-order chi connectivity index (χ0) is 19.5. The number of carbonyl (C=O) groups excluding carboxylic acids is 1. The molecule has 2 heterocycles. The van der Waals surface area contributed by atoms with Gasteiger partial charge in [-0.1, -0.05) is 42.5 Å². The first-order chi connectivity index (χ1) is 13.7. The zero-order valence-corrected chi connectivity index (χ0v) is 15.7. The fourth-order valence-electron chi connectivity index (χ4n) is 3.38. The molecule has 0 saturated heterocycles. The first kappa shape index (κ1) is 17.8.